The van der Waals surface area contributed by atoms with Crippen molar-refractivity contribution in [3.8, 4) is 0 Å². The SMILES string of the molecule is Fc1ccc(NC(=S)N[C@@H]2C[C@H]3C[C@H]2[C@H]2C=CC[C@H]32)cc1. The average molecular weight is 302 g/mol. The summed E-state index contributed by atoms with van der Waals surface area (Å²) in [5, 5.41) is 7.28. The van der Waals surface area contributed by atoms with Gasteiger partial charge in [-0.15, -0.1) is 0 Å². The van der Waals surface area contributed by atoms with E-state index in [-0.39, 0.29) is 5.82 Å². The number of thiocarbonyl (C=S) groups is 1. The monoisotopic (exact) mass is 302 g/mol. The molecule has 0 heterocycles. The Morgan fingerprint density at radius 1 is 1.14 bits per heavy atom. The molecule has 3 aliphatic rings. The summed E-state index contributed by atoms with van der Waals surface area (Å²) < 4.78 is 12.9. The van der Waals surface area contributed by atoms with Crippen LogP contribution >= 0.6 is 12.2 Å². The van der Waals surface area contributed by atoms with Crippen LogP contribution in [0.2, 0.25) is 0 Å². The molecule has 0 spiro atoms. The molecule has 3 aliphatic carbocycles. The van der Waals surface area contributed by atoms with E-state index in [1.54, 1.807) is 12.1 Å². The van der Waals surface area contributed by atoms with Crippen molar-refractivity contribution in [3.63, 3.8) is 0 Å². The highest BCUT2D eigenvalue weighted by molar-refractivity contribution is 7.80. The van der Waals surface area contributed by atoms with Crippen LogP contribution in [-0.2, 0) is 0 Å². The molecule has 1 aromatic rings. The second-order valence-electron chi connectivity index (χ2n) is 6.51. The first-order valence-electron chi connectivity index (χ1n) is 7.70. The summed E-state index contributed by atoms with van der Waals surface area (Å²) in [5.41, 5.74) is 0.829. The molecule has 1 aromatic carbocycles. The van der Waals surface area contributed by atoms with Gasteiger partial charge in [0, 0.05) is 11.7 Å². The lowest BCUT2D eigenvalue weighted by Gasteiger charge is -2.32. The fourth-order valence-electron chi connectivity index (χ4n) is 4.58. The van der Waals surface area contributed by atoms with Gasteiger partial charge in [-0.1, -0.05) is 12.2 Å². The molecule has 110 valence electrons. The second kappa shape index (κ2) is 5.09. The van der Waals surface area contributed by atoms with Crippen molar-refractivity contribution in [2.45, 2.75) is 25.3 Å². The minimum absolute atomic E-state index is 0.230. The van der Waals surface area contributed by atoms with Crippen LogP contribution in [0.1, 0.15) is 19.3 Å². The third kappa shape index (κ3) is 2.35. The first-order chi connectivity index (χ1) is 10.2. The van der Waals surface area contributed by atoms with Gasteiger partial charge in [0.15, 0.2) is 5.11 Å². The highest BCUT2D eigenvalue weighted by Gasteiger charge is 2.52. The lowest BCUT2D eigenvalue weighted by Crippen LogP contribution is -2.44. The van der Waals surface area contributed by atoms with Crippen LogP contribution in [0, 0.1) is 29.5 Å². The van der Waals surface area contributed by atoms with Crippen LogP contribution in [0.5, 0.6) is 0 Å². The van der Waals surface area contributed by atoms with Gasteiger partial charge in [0.2, 0.25) is 0 Å². The van der Waals surface area contributed by atoms with Crippen LogP contribution in [0.4, 0.5) is 10.1 Å². The van der Waals surface area contributed by atoms with Crippen LogP contribution in [0.3, 0.4) is 0 Å². The third-order valence-corrected chi connectivity index (χ3v) is 5.65. The Labute approximate surface area is 129 Å². The zero-order valence-corrected chi connectivity index (χ0v) is 12.6. The number of rotatable bonds is 2. The van der Waals surface area contributed by atoms with Gasteiger partial charge in [0.05, 0.1) is 0 Å². The number of hydrogen-bond donors (Lipinski definition) is 2. The summed E-state index contributed by atoms with van der Waals surface area (Å²) >= 11 is 5.41. The molecule has 2 saturated carbocycles. The van der Waals surface area contributed by atoms with Crippen LogP contribution in [0.25, 0.3) is 0 Å². The lowest BCUT2D eigenvalue weighted by molar-refractivity contribution is 0.246. The predicted molar refractivity (Wildman–Crippen MR) is 86.5 cm³/mol. The summed E-state index contributed by atoms with van der Waals surface area (Å²) in [6.45, 7) is 0. The minimum Gasteiger partial charge on any atom is -0.359 e. The first kappa shape index (κ1) is 13.3. The molecule has 0 amide bonds. The zero-order chi connectivity index (χ0) is 14.4. The fraction of sp³-hybridized carbons (Fsp3) is 0.471. The molecule has 2 fully saturated rings. The molecule has 2 bridgehead atoms. The van der Waals surface area contributed by atoms with Gasteiger partial charge >= 0.3 is 0 Å². The Morgan fingerprint density at radius 2 is 1.95 bits per heavy atom. The maximum absolute atomic E-state index is 12.9. The number of benzene rings is 1. The summed E-state index contributed by atoms with van der Waals surface area (Å²) in [6, 6.07) is 6.78. The Hall–Kier alpha value is -1.42. The molecule has 0 unspecified atom stereocenters. The summed E-state index contributed by atoms with van der Waals surface area (Å²) in [5.74, 6) is 3.01. The van der Waals surface area contributed by atoms with E-state index in [1.165, 1.54) is 31.4 Å². The summed E-state index contributed by atoms with van der Waals surface area (Å²) in [7, 11) is 0. The van der Waals surface area contributed by atoms with Crippen molar-refractivity contribution in [2.75, 3.05) is 5.32 Å². The molecular weight excluding hydrogens is 283 g/mol. The molecule has 0 aromatic heterocycles. The maximum atomic E-state index is 12.9. The largest absolute Gasteiger partial charge is 0.359 e. The Balaban J connectivity index is 1.37. The van der Waals surface area contributed by atoms with Gasteiger partial charge in [-0.2, -0.15) is 0 Å². The minimum atomic E-state index is -0.230. The molecule has 0 aliphatic heterocycles. The topological polar surface area (TPSA) is 24.1 Å². The highest BCUT2D eigenvalue weighted by atomic mass is 32.1. The second-order valence-corrected chi connectivity index (χ2v) is 6.92. The number of hydrogen-bond acceptors (Lipinski definition) is 1. The van der Waals surface area contributed by atoms with Crippen molar-refractivity contribution in [3.05, 3.63) is 42.2 Å². The summed E-state index contributed by atoms with van der Waals surface area (Å²) in [4.78, 5) is 0. The predicted octanol–water partition coefficient (Wildman–Crippen LogP) is 3.71. The maximum Gasteiger partial charge on any atom is 0.171 e. The molecule has 2 N–H and O–H groups in total. The third-order valence-electron chi connectivity index (χ3n) is 5.43. The van der Waals surface area contributed by atoms with Gasteiger partial charge in [0.1, 0.15) is 5.82 Å². The summed E-state index contributed by atoms with van der Waals surface area (Å²) in [6.07, 6.45) is 8.62. The van der Waals surface area contributed by atoms with Crippen LogP contribution in [-0.4, -0.2) is 11.2 Å². The van der Waals surface area contributed by atoms with Crippen molar-refractivity contribution in [1.29, 1.82) is 0 Å². The van der Waals surface area contributed by atoms with Crippen molar-refractivity contribution in [1.82, 2.24) is 5.32 Å². The number of nitrogens with one attached hydrogen (secondary N) is 2. The molecule has 2 nitrogen and oxygen atoms in total. The van der Waals surface area contributed by atoms with E-state index in [1.807, 2.05) is 0 Å². The lowest BCUT2D eigenvalue weighted by atomic mass is 9.79. The van der Waals surface area contributed by atoms with Gasteiger partial charge in [0.25, 0.3) is 0 Å². The van der Waals surface area contributed by atoms with E-state index in [9.17, 15) is 4.39 Å². The smallest absolute Gasteiger partial charge is 0.171 e. The van der Waals surface area contributed by atoms with Crippen molar-refractivity contribution < 1.29 is 4.39 Å². The van der Waals surface area contributed by atoms with Crippen molar-refractivity contribution in [2.24, 2.45) is 23.7 Å². The number of allylic oxidation sites excluding steroid dienone is 2. The van der Waals surface area contributed by atoms with E-state index in [0.29, 0.717) is 11.2 Å². The fourth-order valence-corrected chi connectivity index (χ4v) is 4.85. The zero-order valence-electron chi connectivity index (χ0n) is 11.8. The van der Waals surface area contributed by atoms with E-state index in [4.69, 9.17) is 12.2 Å². The molecule has 21 heavy (non-hydrogen) atoms. The van der Waals surface area contributed by atoms with Gasteiger partial charge in [-0.3, -0.25) is 0 Å². The first-order valence-corrected chi connectivity index (χ1v) is 8.11. The standard InChI is InChI=1S/C17H19FN2S/c18-11-4-6-12(7-5-11)19-17(21)20-16-9-10-8-15(16)14-3-1-2-13(10)14/h1,3-7,10,13-16H,2,8-9H2,(H2,19,20,21)/t10-,13-,14+,15+,16-/m1/s1. The van der Waals surface area contributed by atoms with E-state index in [0.717, 1.165) is 29.4 Å². The number of fused-ring (bicyclic) bond motifs is 5. The molecule has 0 saturated heterocycles. The van der Waals surface area contributed by atoms with E-state index in [2.05, 4.69) is 22.8 Å². The Morgan fingerprint density at radius 3 is 2.76 bits per heavy atom. The van der Waals surface area contributed by atoms with Gasteiger partial charge in [-0.25, -0.2) is 4.39 Å². The molecular formula is C17H19FN2S. The Bertz CT molecular complexity index is 583. The van der Waals surface area contributed by atoms with Crippen LogP contribution < -0.4 is 10.6 Å². The number of halogens is 1. The normalized spacial score (nSPS) is 35.8. The average Bonchev–Trinajstić information content (AvgIpc) is 3.13. The van der Waals surface area contributed by atoms with E-state index < -0.39 is 0 Å². The molecule has 5 atom stereocenters. The quantitative estimate of drug-likeness (QED) is 0.643. The highest BCUT2D eigenvalue weighted by Crippen LogP contribution is 2.56. The van der Waals surface area contributed by atoms with Gasteiger partial charge < -0.3 is 10.6 Å². The molecule has 4 heteroatoms. The van der Waals surface area contributed by atoms with Gasteiger partial charge in [-0.05, 0) is 79.4 Å². The number of anilines is 1. The molecule has 4 rings (SSSR count). The van der Waals surface area contributed by atoms with Crippen molar-refractivity contribution >= 4 is 23.0 Å². The van der Waals surface area contributed by atoms with E-state index >= 15 is 0 Å². The Kier molecular flexibility index (Phi) is 3.21. The molecule has 0 radical (unpaired) electrons. The van der Waals surface area contributed by atoms with Crippen LogP contribution in [0.15, 0.2) is 36.4 Å².